The van der Waals surface area contributed by atoms with Crippen LogP contribution in [0.2, 0.25) is 0 Å². The lowest BCUT2D eigenvalue weighted by atomic mass is 9.95. The SMILES string of the molecule is Cc1cc(CN2C[C@@H]3CC[C@H]2CN(Cc2nc[nH]c2C)C3)on1. The predicted molar refractivity (Wildman–Crippen MR) is 86.8 cm³/mol. The van der Waals surface area contributed by atoms with E-state index in [0.717, 1.165) is 37.0 Å². The maximum Gasteiger partial charge on any atom is 0.150 e. The van der Waals surface area contributed by atoms with Crippen molar-refractivity contribution in [2.45, 2.75) is 45.8 Å². The van der Waals surface area contributed by atoms with Gasteiger partial charge in [-0.3, -0.25) is 9.80 Å². The molecule has 2 atom stereocenters. The molecule has 0 saturated carbocycles. The van der Waals surface area contributed by atoms with Crippen molar-refractivity contribution >= 4 is 0 Å². The monoisotopic (exact) mass is 315 g/mol. The third-order valence-electron chi connectivity index (χ3n) is 5.25. The van der Waals surface area contributed by atoms with E-state index in [1.54, 1.807) is 6.33 Å². The Labute approximate surface area is 136 Å². The smallest absolute Gasteiger partial charge is 0.150 e. The largest absolute Gasteiger partial charge is 0.360 e. The van der Waals surface area contributed by atoms with Gasteiger partial charge in [0, 0.05) is 44.0 Å². The van der Waals surface area contributed by atoms with Crippen LogP contribution >= 0.6 is 0 Å². The molecule has 6 nitrogen and oxygen atoms in total. The number of aromatic nitrogens is 3. The second-order valence-electron chi connectivity index (χ2n) is 7.13. The number of piperidine rings is 1. The number of imidazole rings is 1. The first-order chi connectivity index (χ1) is 11.2. The van der Waals surface area contributed by atoms with Crippen molar-refractivity contribution in [3.63, 3.8) is 0 Å². The Kier molecular flexibility index (Phi) is 3.95. The number of nitrogens with one attached hydrogen (secondary N) is 1. The number of hydrogen-bond donors (Lipinski definition) is 1. The first-order valence-electron chi connectivity index (χ1n) is 8.55. The summed E-state index contributed by atoms with van der Waals surface area (Å²) in [6.07, 6.45) is 4.43. The lowest BCUT2D eigenvalue weighted by Gasteiger charge is -2.35. The Morgan fingerprint density at radius 1 is 1.22 bits per heavy atom. The van der Waals surface area contributed by atoms with Crippen molar-refractivity contribution in [1.29, 1.82) is 0 Å². The van der Waals surface area contributed by atoms with Crippen LogP contribution < -0.4 is 0 Å². The second kappa shape index (κ2) is 6.09. The van der Waals surface area contributed by atoms with Crippen molar-refractivity contribution in [2.24, 2.45) is 5.92 Å². The zero-order valence-corrected chi connectivity index (χ0v) is 14.0. The lowest BCUT2D eigenvalue weighted by molar-refractivity contribution is 0.111. The third kappa shape index (κ3) is 3.19. The Hall–Kier alpha value is -1.66. The molecule has 5 rings (SSSR count). The number of nitrogens with zero attached hydrogens (tertiary/aromatic N) is 4. The minimum Gasteiger partial charge on any atom is -0.360 e. The molecule has 3 saturated heterocycles. The fraction of sp³-hybridized carbons (Fsp3) is 0.647. The molecule has 3 aliphatic rings. The summed E-state index contributed by atoms with van der Waals surface area (Å²) in [7, 11) is 0. The molecular weight excluding hydrogens is 290 g/mol. The van der Waals surface area contributed by atoms with Gasteiger partial charge in [0.05, 0.1) is 24.3 Å². The number of H-pyrrole nitrogens is 1. The summed E-state index contributed by atoms with van der Waals surface area (Å²) in [5.41, 5.74) is 3.34. The topological polar surface area (TPSA) is 61.2 Å². The fourth-order valence-corrected chi connectivity index (χ4v) is 4.05. The van der Waals surface area contributed by atoms with Gasteiger partial charge in [0.15, 0.2) is 5.76 Å². The standard InChI is InChI=1S/C17H25N5O/c1-12-5-16(23-20-12)9-22-7-14-3-4-15(22)8-21(6-14)10-17-13(2)18-11-19-17/h5,11,14-15H,3-4,6-10H2,1-2H3,(H,18,19)/t14-,15+/m1/s1. The molecule has 0 radical (unpaired) electrons. The van der Waals surface area contributed by atoms with E-state index in [2.05, 4.69) is 37.9 Å². The molecule has 3 fully saturated rings. The number of fused-ring (bicyclic) bond motifs is 4. The zero-order valence-electron chi connectivity index (χ0n) is 14.0. The average molecular weight is 315 g/mol. The highest BCUT2D eigenvalue weighted by atomic mass is 16.5. The van der Waals surface area contributed by atoms with Crippen LogP contribution in [0.1, 0.15) is 35.7 Å². The van der Waals surface area contributed by atoms with Gasteiger partial charge in [-0.25, -0.2) is 4.98 Å². The van der Waals surface area contributed by atoms with Gasteiger partial charge >= 0.3 is 0 Å². The van der Waals surface area contributed by atoms with Crippen molar-refractivity contribution < 1.29 is 4.52 Å². The van der Waals surface area contributed by atoms with E-state index in [4.69, 9.17) is 4.52 Å². The molecule has 0 unspecified atom stereocenters. The normalized spacial score (nSPS) is 25.8. The van der Waals surface area contributed by atoms with Gasteiger partial charge in [0.1, 0.15) is 0 Å². The predicted octanol–water partition coefficient (Wildman–Crippen LogP) is 2.11. The molecule has 5 heterocycles. The number of aromatic amines is 1. The highest BCUT2D eigenvalue weighted by Gasteiger charge is 2.35. The summed E-state index contributed by atoms with van der Waals surface area (Å²) in [5, 5.41) is 4.02. The first kappa shape index (κ1) is 14.9. The molecule has 2 aromatic heterocycles. The van der Waals surface area contributed by atoms with Crippen LogP contribution in [0.25, 0.3) is 0 Å². The highest BCUT2D eigenvalue weighted by Crippen LogP contribution is 2.30. The van der Waals surface area contributed by atoms with Crippen LogP contribution in [-0.4, -0.2) is 50.6 Å². The van der Waals surface area contributed by atoms with Gasteiger partial charge in [-0.15, -0.1) is 0 Å². The minimum atomic E-state index is 0.610. The summed E-state index contributed by atoms with van der Waals surface area (Å²) in [6, 6.07) is 2.67. The third-order valence-corrected chi connectivity index (χ3v) is 5.25. The van der Waals surface area contributed by atoms with E-state index < -0.39 is 0 Å². The molecular formula is C17H25N5O. The highest BCUT2D eigenvalue weighted by molar-refractivity contribution is 5.09. The quantitative estimate of drug-likeness (QED) is 0.936. The van der Waals surface area contributed by atoms with Gasteiger partial charge in [-0.1, -0.05) is 5.16 Å². The van der Waals surface area contributed by atoms with E-state index in [0.29, 0.717) is 6.04 Å². The summed E-state index contributed by atoms with van der Waals surface area (Å²) < 4.78 is 5.42. The van der Waals surface area contributed by atoms with Crippen LogP contribution in [-0.2, 0) is 13.1 Å². The maximum atomic E-state index is 5.42. The Bertz CT molecular complexity index is 663. The van der Waals surface area contributed by atoms with E-state index in [-0.39, 0.29) is 0 Å². The number of rotatable bonds is 4. The van der Waals surface area contributed by atoms with Crippen molar-refractivity contribution in [2.75, 3.05) is 19.6 Å². The van der Waals surface area contributed by atoms with Crippen LogP contribution in [0.4, 0.5) is 0 Å². The zero-order chi connectivity index (χ0) is 15.8. The Morgan fingerprint density at radius 2 is 2.13 bits per heavy atom. The van der Waals surface area contributed by atoms with Crippen molar-refractivity contribution in [3.8, 4) is 0 Å². The van der Waals surface area contributed by atoms with Gasteiger partial charge < -0.3 is 9.51 Å². The lowest BCUT2D eigenvalue weighted by Crippen LogP contribution is -2.43. The van der Waals surface area contributed by atoms with Crippen LogP contribution in [0.5, 0.6) is 0 Å². The van der Waals surface area contributed by atoms with Gasteiger partial charge in [-0.05, 0) is 32.6 Å². The summed E-state index contributed by atoms with van der Waals surface area (Å²) in [4.78, 5) is 12.8. The summed E-state index contributed by atoms with van der Waals surface area (Å²) in [5.74, 6) is 1.74. The Morgan fingerprint density at radius 3 is 2.87 bits per heavy atom. The van der Waals surface area contributed by atoms with Gasteiger partial charge in [0.25, 0.3) is 0 Å². The second-order valence-corrected chi connectivity index (χ2v) is 7.13. The van der Waals surface area contributed by atoms with E-state index in [1.807, 2.05) is 6.92 Å². The molecule has 0 spiro atoms. The molecule has 6 heteroatoms. The molecule has 0 aliphatic carbocycles. The molecule has 1 N–H and O–H groups in total. The van der Waals surface area contributed by atoms with Gasteiger partial charge in [-0.2, -0.15) is 0 Å². The summed E-state index contributed by atoms with van der Waals surface area (Å²) >= 11 is 0. The molecule has 3 aliphatic heterocycles. The molecule has 23 heavy (non-hydrogen) atoms. The summed E-state index contributed by atoms with van der Waals surface area (Å²) in [6.45, 7) is 9.39. The first-order valence-corrected chi connectivity index (χ1v) is 8.55. The maximum absolute atomic E-state index is 5.42. The number of aryl methyl sites for hydroxylation is 2. The van der Waals surface area contributed by atoms with Crippen molar-refractivity contribution in [1.82, 2.24) is 24.9 Å². The van der Waals surface area contributed by atoms with E-state index in [9.17, 15) is 0 Å². The van der Waals surface area contributed by atoms with Crippen molar-refractivity contribution in [3.05, 3.63) is 35.2 Å². The van der Waals surface area contributed by atoms with E-state index in [1.165, 1.54) is 37.3 Å². The molecule has 2 aromatic rings. The minimum absolute atomic E-state index is 0.610. The Balaban J connectivity index is 1.45. The van der Waals surface area contributed by atoms with Crippen LogP contribution in [0.15, 0.2) is 16.9 Å². The molecule has 0 amide bonds. The number of hydrogen-bond acceptors (Lipinski definition) is 5. The fourth-order valence-electron chi connectivity index (χ4n) is 4.05. The molecule has 124 valence electrons. The van der Waals surface area contributed by atoms with Gasteiger partial charge in [0.2, 0.25) is 0 Å². The molecule has 0 aromatic carbocycles. The van der Waals surface area contributed by atoms with E-state index >= 15 is 0 Å². The van der Waals surface area contributed by atoms with Crippen LogP contribution in [0.3, 0.4) is 0 Å². The average Bonchev–Trinajstić information content (AvgIpc) is 3.00. The molecule has 2 bridgehead atoms. The van der Waals surface area contributed by atoms with Crippen LogP contribution in [0, 0.1) is 19.8 Å².